The molecule has 1 aromatic rings. The Morgan fingerprint density at radius 3 is 2.41 bits per heavy atom. The van der Waals surface area contributed by atoms with Gasteiger partial charge in [0.1, 0.15) is 5.02 Å². The maximum atomic E-state index is 12.1. The summed E-state index contributed by atoms with van der Waals surface area (Å²) < 4.78 is 0. The molecule has 1 aromatic carbocycles. The predicted molar refractivity (Wildman–Crippen MR) is 79.0 cm³/mol. The number of nitro groups is 1. The van der Waals surface area contributed by atoms with Gasteiger partial charge in [-0.05, 0) is 37.8 Å². The van der Waals surface area contributed by atoms with Gasteiger partial charge in [-0.3, -0.25) is 19.7 Å². The van der Waals surface area contributed by atoms with Crippen LogP contribution in [0.4, 0.5) is 5.69 Å². The molecular formula is C14H15ClN2O5. The Morgan fingerprint density at radius 1 is 1.27 bits per heavy atom. The van der Waals surface area contributed by atoms with Crippen LogP contribution < -0.4 is 5.32 Å². The molecule has 0 aromatic heterocycles. The van der Waals surface area contributed by atoms with Crippen LogP contribution in [0.2, 0.25) is 5.02 Å². The second-order valence-corrected chi connectivity index (χ2v) is 5.69. The average Bonchev–Trinajstić information content (AvgIpc) is 2.47. The van der Waals surface area contributed by atoms with Crippen molar-refractivity contribution in [2.24, 2.45) is 5.92 Å². The van der Waals surface area contributed by atoms with Crippen molar-refractivity contribution in [2.75, 3.05) is 0 Å². The first-order valence-electron chi connectivity index (χ1n) is 6.86. The number of hydrogen-bond acceptors (Lipinski definition) is 4. The number of halogens is 1. The highest BCUT2D eigenvalue weighted by Crippen LogP contribution is 2.26. The van der Waals surface area contributed by atoms with Crippen LogP contribution in [-0.2, 0) is 4.79 Å². The second kappa shape index (κ2) is 6.74. The van der Waals surface area contributed by atoms with E-state index in [1.165, 1.54) is 18.2 Å². The molecule has 7 nitrogen and oxygen atoms in total. The van der Waals surface area contributed by atoms with E-state index in [-0.39, 0.29) is 34.1 Å². The summed E-state index contributed by atoms with van der Waals surface area (Å²) in [4.78, 5) is 33.0. The SMILES string of the molecule is O=C(NC1CCC(C(=O)O)CC1)c1ccc([N+](=O)[O-])c(Cl)c1. The molecule has 1 aliphatic rings. The van der Waals surface area contributed by atoms with Crippen molar-refractivity contribution in [3.05, 3.63) is 38.9 Å². The van der Waals surface area contributed by atoms with Gasteiger partial charge in [-0.25, -0.2) is 0 Å². The smallest absolute Gasteiger partial charge is 0.306 e. The van der Waals surface area contributed by atoms with Gasteiger partial charge in [-0.1, -0.05) is 11.6 Å². The molecule has 0 atom stereocenters. The molecule has 0 unspecified atom stereocenters. The molecule has 0 spiro atoms. The van der Waals surface area contributed by atoms with E-state index in [2.05, 4.69) is 5.32 Å². The first kappa shape index (κ1) is 16.2. The number of hydrogen-bond donors (Lipinski definition) is 2. The highest BCUT2D eigenvalue weighted by atomic mass is 35.5. The highest BCUT2D eigenvalue weighted by molar-refractivity contribution is 6.33. The average molecular weight is 327 g/mol. The van der Waals surface area contributed by atoms with E-state index in [1.807, 2.05) is 0 Å². The maximum absolute atomic E-state index is 12.1. The number of rotatable bonds is 4. The number of carbonyl (C=O) groups excluding carboxylic acids is 1. The lowest BCUT2D eigenvalue weighted by atomic mass is 9.86. The zero-order valence-corrected chi connectivity index (χ0v) is 12.4. The van der Waals surface area contributed by atoms with Gasteiger partial charge in [0.05, 0.1) is 10.8 Å². The van der Waals surface area contributed by atoms with E-state index in [4.69, 9.17) is 16.7 Å². The van der Waals surface area contributed by atoms with Crippen LogP contribution in [0, 0.1) is 16.0 Å². The van der Waals surface area contributed by atoms with Crippen LogP contribution >= 0.6 is 11.6 Å². The van der Waals surface area contributed by atoms with Crippen molar-refractivity contribution >= 4 is 29.2 Å². The molecule has 1 fully saturated rings. The van der Waals surface area contributed by atoms with E-state index in [0.29, 0.717) is 25.7 Å². The Kier molecular flexibility index (Phi) is 4.97. The van der Waals surface area contributed by atoms with Crippen molar-refractivity contribution < 1.29 is 19.6 Å². The van der Waals surface area contributed by atoms with Gasteiger partial charge in [0.25, 0.3) is 11.6 Å². The standard InChI is InChI=1S/C14H15ClN2O5/c15-11-7-9(3-6-12(11)17(21)22)13(18)16-10-4-1-8(2-5-10)14(19)20/h3,6-8,10H,1-2,4-5H2,(H,16,18)(H,19,20). The molecular weight excluding hydrogens is 312 g/mol. The quantitative estimate of drug-likeness (QED) is 0.653. The van der Waals surface area contributed by atoms with Gasteiger partial charge in [0, 0.05) is 17.7 Å². The number of benzene rings is 1. The third kappa shape index (κ3) is 3.73. The van der Waals surface area contributed by atoms with Crippen molar-refractivity contribution in [3.8, 4) is 0 Å². The van der Waals surface area contributed by atoms with Crippen LogP contribution in [0.5, 0.6) is 0 Å². The molecule has 1 aliphatic carbocycles. The minimum Gasteiger partial charge on any atom is -0.481 e. The molecule has 2 N–H and O–H groups in total. The van der Waals surface area contributed by atoms with Gasteiger partial charge in [0.2, 0.25) is 0 Å². The van der Waals surface area contributed by atoms with E-state index < -0.39 is 10.9 Å². The number of nitrogens with zero attached hydrogens (tertiary/aromatic N) is 1. The van der Waals surface area contributed by atoms with Gasteiger partial charge < -0.3 is 10.4 Å². The summed E-state index contributed by atoms with van der Waals surface area (Å²) in [6, 6.07) is 3.72. The summed E-state index contributed by atoms with van der Waals surface area (Å²) >= 11 is 5.78. The Hall–Kier alpha value is -2.15. The topological polar surface area (TPSA) is 110 Å². The monoisotopic (exact) mass is 326 g/mol. The van der Waals surface area contributed by atoms with E-state index >= 15 is 0 Å². The van der Waals surface area contributed by atoms with E-state index in [1.54, 1.807) is 0 Å². The summed E-state index contributed by atoms with van der Waals surface area (Å²) in [5.74, 6) is -1.51. The molecule has 8 heteroatoms. The van der Waals surface area contributed by atoms with Crippen molar-refractivity contribution in [1.82, 2.24) is 5.32 Å². The third-order valence-electron chi connectivity index (χ3n) is 3.82. The van der Waals surface area contributed by atoms with Crippen LogP contribution in [-0.4, -0.2) is 27.9 Å². The fraction of sp³-hybridized carbons (Fsp3) is 0.429. The van der Waals surface area contributed by atoms with Crippen LogP contribution in [0.25, 0.3) is 0 Å². The van der Waals surface area contributed by atoms with E-state index in [0.717, 1.165) is 0 Å². The summed E-state index contributed by atoms with van der Waals surface area (Å²) in [5, 5.41) is 22.3. The number of nitrogens with one attached hydrogen (secondary N) is 1. The Morgan fingerprint density at radius 2 is 1.91 bits per heavy atom. The Labute approximate surface area is 131 Å². The lowest BCUT2D eigenvalue weighted by Gasteiger charge is -2.26. The van der Waals surface area contributed by atoms with Crippen LogP contribution in [0.3, 0.4) is 0 Å². The van der Waals surface area contributed by atoms with Crippen molar-refractivity contribution in [3.63, 3.8) is 0 Å². The molecule has 118 valence electrons. The molecule has 2 rings (SSSR count). The Balaban J connectivity index is 1.97. The lowest BCUT2D eigenvalue weighted by molar-refractivity contribution is -0.384. The molecule has 1 saturated carbocycles. The molecule has 0 saturated heterocycles. The minimum absolute atomic E-state index is 0.0860. The number of carbonyl (C=O) groups is 2. The fourth-order valence-electron chi connectivity index (χ4n) is 2.55. The second-order valence-electron chi connectivity index (χ2n) is 5.28. The normalized spacial score (nSPS) is 21.1. The van der Waals surface area contributed by atoms with Gasteiger partial charge >= 0.3 is 5.97 Å². The molecule has 22 heavy (non-hydrogen) atoms. The first-order chi connectivity index (χ1) is 10.4. The van der Waals surface area contributed by atoms with Gasteiger partial charge in [-0.2, -0.15) is 0 Å². The van der Waals surface area contributed by atoms with Crippen LogP contribution in [0.15, 0.2) is 18.2 Å². The largest absolute Gasteiger partial charge is 0.481 e. The summed E-state index contributed by atoms with van der Waals surface area (Å²) in [6.45, 7) is 0. The van der Waals surface area contributed by atoms with Gasteiger partial charge in [-0.15, -0.1) is 0 Å². The number of carboxylic acid groups (broad SMARTS) is 1. The summed E-state index contributed by atoms with van der Waals surface area (Å²) in [5.41, 5.74) is -0.00357. The lowest BCUT2D eigenvalue weighted by Crippen LogP contribution is -2.38. The third-order valence-corrected chi connectivity index (χ3v) is 4.12. The van der Waals surface area contributed by atoms with Crippen molar-refractivity contribution in [2.45, 2.75) is 31.7 Å². The molecule has 1 amide bonds. The predicted octanol–water partition coefficient (Wildman–Crippen LogP) is 2.62. The fourth-order valence-corrected chi connectivity index (χ4v) is 2.80. The van der Waals surface area contributed by atoms with Crippen molar-refractivity contribution in [1.29, 1.82) is 0 Å². The molecule has 0 aliphatic heterocycles. The molecule has 0 heterocycles. The first-order valence-corrected chi connectivity index (χ1v) is 7.24. The summed E-state index contributed by atoms with van der Waals surface area (Å²) in [6.07, 6.45) is 2.26. The summed E-state index contributed by atoms with van der Waals surface area (Å²) in [7, 11) is 0. The molecule has 0 bridgehead atoms. The number of nitro benzene ring substituents is 1. The van der Waals surface area contributed by atoms with E-state index in [9.17, 15) is 19.7 Å². The number of amides is 1. The highest BCUT2D eigenvalue weighted by Gasteiger charge is 2.27. The zero-order valence-electron chi connectivity index (χ0n) is 11.6. The number of aliphatic carboxylic acids is 1. The van der Waals surface area contributed by atoms with Crippen LogP contribution in [0.1, 0.15) is 36.0 Å². The van der Waals surface area contributed by atoms with Gasteiger partial charge in [0.15, 0.2) is 0 Å². The number of carboxylic acids is 1. The maximum Gasteiger partial charge on any atom is 0.306 e. The zero-order chi connectivity index (χ0) is 16.3. The molecule has 0 radical (unpaired) electrons. The minimum atomic E-state index is -0.799. The Bertz CT molecular complexity index is 611.